The molecule has 0 saturated carbocycles. The second-order valence-electron chi connectivity index (χ2n) is 5.95. The van der Waals surface area contributed by atoms with Gasteiger partial charge in [0.05, 0.1) is 11.1 Å². The van der Waals surface area contributed by atoms with Crippen LogP contribution in [0.3, 0.4) is 0 Å². The number of hydrogen-bond acceptors (Lipinski definition) is 4. The van der Waals surface area contributed by atoms with Gasteiger partial charge in [0, 0.05) is 24.3 Å². The zero-order chi connectivity index (χ0) is 16.8. The van der Waals surface area contributed by atoms with E-state index in [1.165, 1.54) is 23.3 Å². The highest BCUT2D eigenvalue weighted by atomic mass is 35.5. The number of rotatable bonds is 7. The number of benzene rings is 1. The van der Waals surface area contributed by atoms with E-state index in [1.807, 2.05) is 24.5 Å². The van der Waals surface area contributed by atoms with Crippen molar-refractivity contribution in [3.05, 3.63) is 53.8 Å². The Morgan fingerprint density at radius 3 is 2.96 bits per heavy atom. The van der Waals surface area contributed by atoms with Crippen LogP contribution in [-0.2, 0) is 6.42 Å². The second kappa shape index (κ2) is 8.60. The standard InChI is InChI=1S/C18H22ClN3OS/c1-2-9-23-18-11-16(19)4-3-15(18)10-14-5-7-22(8-6-14)24-17-12-20-21-13-17/h2-4,11-14H,1,5-10H2,(H,20,21). The molecule has 128 valence electrons. The Morgan fingerprint density at radius 2 is 2.25 bits per heavy atom. The molecule has 2 heterocycles. The molecule has 0 atom stereocenters. The van der Waals surface area contributed by atoms with Gasteiger partial charge in [-0.25, -0.2) is 4.31 Å². The lowest BCUT2D eigenvalue weighted by Crippen LogP contribution is -2.29. The Hall–Kier alpha value is -1.43. The molecule has 1 saturated heterocycles. The highest BCUT2D eigenvalue weighted by molar-refractivity contribution is 7.97. The van der Waals surface area contributed by atoms with Gasteiger partial charge in [0.15, 0.2) is 0 Å². The number of hydrogen-bond donors (Lipinski definition) is 1. The molecule has 4 nitrogen and oxygen atoms in total. The van der Waals surface area contributed by atoms with Crippen LogP contribution in [0.5, 0.6) is 5.75 Å². The fraction of sp³-hybridized carbons (Fsp3) is 0.389. The fourth-order valence-corrected chi connectivity index (χ4v) is 3.99. The molecular weight excluding hydrogens is 342 g/mol. The summed E-state index contributed by atoms with van der Waals surface area (Å²) >= 11 is 7.88. The quantitative estimate of drug-likeness (QED) is 0.577. The van der Waals surface area contributed by atoms with Gasteiger partial charge >= 0.3 is 0 Å². The van der Waals surface area contributed by atoms with Crippen molar-refractivity contribution in [2.75, 3.05) is 19.7 Å². The van der Waals surface area contributed by atoms with Crippen molar-refractivity contribution in [2.24, 2.45) is 5.92 Å². The largest absolute Gasteiger partial charge is 0.489 e. The van der Waals surface area contributed by atoms with E-state index in [0.29, 0.717) is 17.5 Å². The summed E-state index contributed by atoms with van der Waals surface area (Å²) in [7, 11) is 0. The van der Waals surface area contributed by atoms with E-state index in [-0.39, 0.29) is 0 Å². The second-order valence-corrected chi connectivity index (χ2v) is 7.56. The van der Waals surface area contributed by atoms with Crippen molar-refractivity contribution in [1.82, 2.24) is 14.5 Å². The summed E-state index contributed by atoms with van der Waals surface area (Å²) in [5, 5.41) is 7.57. The van der Waals surface area contributed by atoms with Crippen molar-refractivity contribution in [3.63, 3.8) is 0 Å². The first-order valence-electron chi connectivity index (χ1n) is 8.18. The molecular formula is C18H22ClN3OS. The Labute approximate surface area is 152 Å². The van der Waals surface area contributed by atoms with Gasteiger partial charge in [0.1, 0.15) is 12.4 Å². The third-order valence-electron chi connectivity index (χ3n) is 4.18. The first-order chi connectivity index (χ1) is 11.7. The highest BCUT2D eigenvalue weighted by Crippen LogP contribution is 2.32. The summed E-state index contributed by atoms with van der Waals surface area (Å²) in [6, 6.07) is 5.94. The highest BCUT2D eigenvalue weighted by Gasteiger charge is 2.21. The average Bonchev–Trinajstić information content (AvgIpc) is 3.10. The summed E-state index contributed by atoms with van der Waals surface area (Å²) in [5.41, 5.74) is 1.24. The van der Waals surface area contributed by atoms with Crippen LogP contribution in [0, 0.1) is 5.92 Å². The number of nitrogens with zero attached hydrogens (tertiary/aromatic N) is 2. The SMILES string of the molecule is C=CCOc1cc(Cl)ccc1CC1CCN(Sc2cn[nH]c2)CC1. The lowest BCUT2D eigenvalue weighted by Gasteiger charge is -2.31. The van der Waals surface area contributed by atoms with Gasteiger partial charge in [-0.2, -0.15) is 5.10 Å². The Balaban J connectivity index is 1.55. The van der Waals surface area contributed by atoms with E-state index >= 15 is 0 Å². The summed E-state index contributed by atoms with van der Waals surface area (Å²) in [6.07, 6.45) is 8.98. The molecule has 2 aromatic rings. The van der Waals surface area contributed by atoms with Crippen LogP contribution < -0.4 is 4.74 Å². The van der Waals surface area contributed by atoms with Gasteiger partial charge in [-0.3, -0.25) is 5.10 Å². The van der Waals surface area contributed by atoms with Crippen molar-refractivity contribution in [1.29, 1.82) is 0 Å². The van der Waals surface area contributed by atoms with Gasteiger partial charge in [0.25, 0.3) is 0 Å². The Kier molecular flexibility index (Phi) is 6.24. The van der Waals surface area contributed by atoms with Gasteiger partial charge < -0.3 is 4.74 Å². The van der Waals surface area contributed by atoms with E-state index < -0.39 is 0 Å². The maximum absolute atomic E-state index is 6.10. The molecule has 0 spiro atoms. The number of ether oxygens (including phenoxy) is 1. The van der Waals surface area contributed by atoms with E-state index in [0.717, 1.165) is 25.3 Å². The minimum atomic E-state index is 0.507. The minimum absolute atomic E-state index is 0.507. The van der Waals surface area contributed by atoms with Crippen LogP contribution >= 0.6 is 23.5 Å². The predicted octanol–water partition coefficient (Wildman–Crippen LogP) is 4.59. The van der Waals surface area contributed by atoms with Gasteiger partial charge in [-0.05, 0) is 54.8 Å². The molecule has 1 aliphatic heterocycles. The van der Waals surface area contributed by atoms with Gasteiger partial charge in [0.2, 0.25) is 0 Å². The van der Waals surface area contributed by atoms with Crippen molar-refractivity contribution in [2.45, 2.75) is 24.2 Å². The first-order valence-corrected chi connectivity index (χ1v) is 9.33. The summed E-state index contributed by atoms with van der Waals surface area (Å²) < 4.78 is 8.19. The maximum Gasteiger partial charge on any atom is 0.124 e. The Bertz CT molecular complexity index is 654. The number of aromatic nitrogens is 2. The average molecular weight is 364 g/mol. The summed E-state index contributed by atoms with van der Waals surface area (Å²) in [4.78, 5) is 1.17. The first kappa shape index (κ1) is 17.4. The van der Waals surface area contributed by atoms with E-state index in [4.69, 9.17) is 16.3 Å². The molecule has 0 radical (unpaired) electrons. The normalized spacial score (nSPS) is 16.2. The number of H-pyrrole nitrogens is 1. The van der Waals surface area contributed by atoms with Crippen LogP contribution in [0.4, 0.5) is 0 Å². The molecule has 0 unspecified atom stereocenters. The minimum Gasteiger partial charge on any atom is -0.489 e. The molecule has 1 aromatic carbocycles. The third-order valence-corrected chi connectivity index (χ3v) is 5.47. The third kappa shape index (κ3) is 4.79. The predicted molar refractivity (Wildman–Crippen MR) is 99.6 cm³/mol. The molecule has 0 bridgehead atoms. The van der Waals surface area contributed by atoms with Crippen LogP contribution in [0.25, 0.3) is 0 Å². The van der Waals surface area contributed by atoms with Crippen LogP contribution in [0.1, 0.15) is 18.4 Å². The van der Waals surface area contributed by atoms with Crippen molar-refractivity contribution >= 4 is 23.5 Å². The van der Waals surface area contributed by atoms with E-state index in [1.54, 1.807) is 18.0 Å². The van der Waals surface area contributed by atoms with Crippen molar-refractivity contribution in [3.8, 4) is 5.75 Å². The molecule has 1 N–H and O–H groups in total. The molecule has 0 aliphatic carbocycles. The molecule has 1 fully saturated rings. The van der Waals surface area contributed by atoms with Gasteiger partial charge in [-0.1, -0.05) is 30.3 Å². The molecule has 6 heteroatoms. The lowest BCUT2D eigenvalue weighted by atomic mass is 9.90. The fourth-order valence-electron chi connectivity index (χ4n) is 2.93. The molecule has 24 heavy (non-hydrogen) atoms. The smallest absolute Gasteiger partial charge is 0.124 e. The van der Waals surface area contributed by atoms with Crippen LogP contribution in [-0.4, -0.2) is 34.2 Å². The Morgan fingerprint density at radius 1 is 1.42 bits per heavy atom. The number of nitrogens with one attached hydrogen (secondary N) is 1. The number of aromatic amines is 1. The van der Waals surface area contributed by atoms with Crippen molar-refractivity contribution < 1.29 is 4.74 Å². The van der Waals surface area contributed by atoms with Gasteiger partial charge in [-0.15, -0.1) is 0 Å². The monoisotopic (exact) mass is 363 g/mol. The zero-order valence-electron chi connectivity index (χ0n) is 13.6. The molecule has 3 rings (SSSR count). The lowest BCUT2D eigenvalue weighted by molar-refractivity contribution is 0.286. The van der Waals surface area contributed by atoms with E-state index in [9.17, 15) is 0 Å². The topological polar surface area (TPSA) is 41.1 Å². The summed E-state index contributed by atoms with van der Waals surface area (Å²) in [6.45, 7) is 6.41. The zero-order valence-corrected chi connectivity index (χ0v) is 15.2. The number of piperidine rings is 1. The summed E-state index contributed by atoms with van der Waals surface area (Å²) in [5.74, 6) is 1.57. The van der Waals surface area contributed by atoms with E-state index in [2.05, 4.69) is 27.1 Å². The molecule has 0 amide bonds. The number of halogens is 1. The van der Waals surface area contributed by atoms with Crippen LogP contribution in [0.15, 0.2) is 48.1 Å². The molecule has 1 aliphatic rings. The van der Waals surface area contributed by atoms with Crippen LogP contribution in [0.2, 0.25) is 5.02 Å². The molecule has 1 aromatic heterocycles. The maximum atomic E-state index is 6.10.